The second-order valence-corrected chi connectivity index (χ2v) is 5.09. The maximum Gasteiger partial charge on any atom is 0.262 e. The van der Waals surface area contributed by atoms with Gasteiger partial charge in [-0.15, -0.1) is 0 Å². The van der Waals surface area contributed by atoms with E-state index in [0.29, 0.717) is 5.56 Å². The van der Waals surface area contributed by atoms with Crippen molar-refractivity contribution in [3.8, 4) is 0 Å². The molecule has 0 bridgehead atoms. The summed E-state index contributed by atoms with van der Waals surface area (Å²) in [6.07, 6.45) is 0.134. The van der Waals surface area contributed by atoms with Gasteiger partial charge in [-0.1, -0.05) is 13.8 Å². The predicted octanol–water partition coefficient (Wildman–Crippen LogP) is 1.56. The fraction of sp³-hybridized carbons (Fsp3) is 0.375. The van der Waals surface area contributed by atoms with Crippen molar-refractivity contribution in [2.45, 2.75) is 39.7 Å². The fourth-order valence-corrected chi connectivity index (χ4v) is 2.75. The monoisotopic (exact) mass is 320 g/mol. The van der Waals surface area contributed by atoms with E-state index < -0.39 is 35.5 Å². The Hall–Kier alpha value is -2.57. The average molecular weight is 320 g/mol. The number of nitrogens with zero attached hydrogens (tertiary/aromatic N) is 1. The van der Waals surface area contributed by atoms with E-state index in [-0.39, 0.29) is 24.0 Å². The van der Waals surface area contributed by atoms with Crippen LogP contribution in [-0.4, -0.2) is 34.6 Å². The lowest BCUT2D eigenvalue weighted by Crippen LogP contribution is -2.54. The quantitative estimate of drug-likeness (QED) is 0.796. The Kier molecular flexibility index (Phi) is 4.58. The SMILES string of the molecule is CC.Cc1cc(F)cc2c1C(=O)N(C1CCC(=O)NC1=O)C2=O. The van der Waals surface area contributed by atoms with Gasteiger partial charge in [0.1, 0.15) is 11.9 Å². The van der Waals surface area contributed by atoms with Crippen LogP contribution in [0.2, 0.25) is 0 Å². The first-order valence-corrected chi connectivity index (χ1v) is 7.42. The lowest BCUT2D eigenvalue weighted by molar-refractivity contribution is -0.136. The summed E-state index contributed by atoms with van der Waals surface area (Å²) in [6, 6.07) is 1.13. The Morgan fingerprint density at radius 1 is 1.13 bits per heavy atom. The molecule has 23 heavy (non-hydrogen) atoms. The molecular weight excluding hydrogens is 303 g/mol. The van der Waals surface area contributed by atoms with Crippen molar-refractivity contribution < 1.29 is 23.6 Å². The van der Waals surface area contributed by atoms with Crippen molar-refractivity contribution in [2.24, 2.45) is 0 Å². The number of imide groups is 2. The van der Waals surface area contributed by atoms with Crippen molar-refractivity contribution in [3.05, 3.63) is 34.6 Å². The van der Waals surface area contributed by atoms with Gasteiger partial charge in [-0.2, -0.15) is 0 Å². The standard InChI is InChI=1S/C14H11FN2O4.C2H6/c1-6-4-7(15)5-8-11(6)14(21)17(13(8)20)9-2-3-10(18)16-12(9)19;1-2/h4-5,9H,2-3H2,1H3,(H,16,18,19);1-2H3. The highest BCUT2D eigenvalue weighted by Crippen LogP contribution is 2.30. The molecular formula is C16H17FN2O4. The van der Waals surface area contributed by atoms with Gasteiger partial charge >= 0.3 is 0 Å². The lowest BCUT2D eigenvalue weighted by atomic mass is 10.0. The molecule has 2 aliphatic rings. The highest BCUT2D eigenvalue weighted by atomic mass is 19.1. The first kappa shape index (κ1) is 16.8. The van der Waals surface area contributed by atoms with Crippen LogP contribution in [0, 0.1) is 12.7 Å². The van der Waals surface area contributed by atoms with Crippen LogP contribution in [0.3, 0.4) is 0 Å². The number of carbonyl (C=O) groups is 4. The molecule has 1 aromatic carbocycles. The molecule has 6 nitrogen and oxygen atoms in total. The van der Waals surface area contributed by atoms with Crippen molar-refractivity contribution in [1.29, 1.82) is 0 Å². The largest absolute Gasteiger partial charge is 0.295 e. The first-order valence-electron chi connectivity index (χ1n) is 7.42. The van der Waals surface area contributed by atoms with Gasteiger partial charge < -0.3 is 0 Å². The molecule has 122 valence electrons. The van der Waals surface area contributed by atoms with E-state index in [1.54, 1.807) is 0 Å². The third-order valence-corrected chi connectivity index (χ3v) is 3.70. The van der Waals surface area contributed by atoms with Gasteiger partial charge in [0, 0.05) is 6.42 Å². The summed E-state index contributed by atoms with van der Waals surface area (Å²) in [5.74, 6) is -3.06. The number of fused-ring (bicyclic) bond motifs is 1. The molecule has 1 N–H and O–H groups in total. The minimum Gasteiger partial charge on any atom is -0.295 e. The molecule has 4 amide bonds. The second kappa shape index (κ2) is 6.28. The number of hydrogen-bond acceptors (Lipinski definition) is 4. The summed E-state index contributed by atoms with van der Waals surface area (Å²) in [6.45, 7) is 5.53. The summed E-state index contributed by atoms with van der Waals surface area (Å²) in [7, 11) is 0. The van der Waals surface area contributed by atoms with Crippen molar-refractivity contribution in [1.82, 2.24) is 10.2 Å². The molecule has 0 radical (unpaired) electrons. The third kappa shape index (κ3) is 2.74. The number of hydrogen-bond donors (Lipinski definition) is 1. The van der Waals surface area contributed by atoms with E-state index in [0.717, 1.165) is 17.0 Å². The maximum absolute atomic E-state index is 13.4. The molecule has 7 heteroatoms. The van der Waals surface area contributed by atoms with Crippen LogP contribution in [0.5, 0.6) is 0 Å². The summed E-state index contributed by atoms with van der Waals surface area (Å²) in [5, 5.41) is 2.10. The highest BCUT2D eigenvalue weighted by Gasteiger charge is 2.45. The number of aryl methyl sites for hydroxylation is 1. The summed E-state index contributed by atoms with van der Waals surface area (Å²) in [5.41, 5.74) is 0.423. The number of amides is 4. The third-order valence-electron chi connectivity index (χ3n) is 3.70. The van der Waals surface area contributed by atoms with E-state index in [2.05, 4.69) is 5.32 Å². The summed E-state index contributed by atoms with van der Waals surface area (Å²) in [4.78, 5) is 48.5. The molecule has 1 saturated heterocycles. The number of rotatable bonds is 1. The number of halogens is 1. The molecule has 1 atom stereocenters. The molecule has 2 aliphatic heterocycles. The lowest BCUT2D eigenvalue weighted by Gasteiger charge is -2.27. The van der Waals surface area contributed by atoms with E-state index in [9.17, 15) is 23.6 Å². The van der Waals surface area contributed by atoms with Gasteiger partial charge in [-0.25, -0.2) is 4.39 Å². The van der Waals surface area contributed by atoms with Crippen LogP contribution in [0.25, 0.3) is 0 Å². The normalized spacial score (nSPS) is 20.0. The van der Waals surface area contributed by atoms with Crippen LogP contribution in [0.4, 0.5) is 4.39 Å². The molecule has 1 aromatic rings. The molecule has 1 unspecified atom stereocenters. The van der Waals surface area contributed by atoms with Crippen LogP contribution in [-0.2, 0) is 9.59 Å². The Morgan fingerprint density at radius 3 is 2.39 bits per heavy atom. The molecule has 0 saturated carbocycles. The molecule has 2 heterocycles. The summed E-state index contributed by atoms with van der Waals surface area (Å²) < 4.78 is 13.4. The van der Waals surface area contributed by atoms with E-state index in [1.807, 2.05) is 13.8 Å². The zero-order chi connectivity index (χ0) is 17.3. The minimum atomic E-state index is -1.03. The van der Waals surface area contributed by atoms with Crippen LogP contribution in [0.1, 0.15) is 53.0 Å². The molecule has 3 rings (SSSR count). The van der Waals surface area contributed by atoms with Gasteiger partial charge in [0.05, 0.1) is 11.1 Å². The fourth-order valence-electron chi connectivity index (χ4n) is 2.75. The zero-order valence-corrected chi connectivity index (χ0v) is 13.1. The maximum atomic E-state index is 13.4. The van der Waals surface area contributed by atoms with Gasteiger partial charge in [-0.3, -0.25) is 29.4 Å². The van der Waals surface area contributed by atoms with E-state index in [1.165, 1.54) is 6.92 Å². The number of benzene rings is 1. The van der Waals surface area contributed by atoms with Crippen molar-refractivity contribution in [3.63, 3.8) is 0 Å². The van der Waals surface area contributed by atoms with Crippen molar-refractivity contribution in [2.75, 3.05) is 0 Å². The second-order valence-electron chi connectivity index (χ2n) is 5.09. The van der Waals surface area contributed by atoms with E-state index in [4.69, 9.17) is 0 Å². The van der Waals surface area contributed by atoms with E-state index >= 15 is 0 Å². The Balaban J connectivity index is 0.000000924. The minimum absolute atomic E-state index is 0.0396. The smallest absolute Gasteiger partial charge is 0.262 e. The molecule has 1 fully saturated rings. The van der Waals surface area contributed by atoms with Crippen LogP contribution < -0.4 is 5.32 Å². The van der Waals surface area contributed by atoms with Crippen LogP contribution in [0.15, 0.2) is 12.1 Å². The molecule has 0 aromatic heterocycles. The summed E-state index contributed by atoms with van der Waals surface area (Å²) >= 11 is 0. The highest BCUT2D eigenvalue weighted by molar-refractivity contribution is 6.24. The Labute approximate surface area is 132 Å². The van der Waals surface area contributed by atoms with Gasteiger partial charge in [0.15, 0.2) is 0 Å². The first-order chi connectivity index (χ1) is 10.9. The average Bonchev–Trinajstić information content (AvgIpc) is 2.74. The van der Waals surface area contributed by atoms with Gasteiger partial charge in [-0.05, 0) is 31.0 Å². The Bertz CT molecular complexity index is 714. The number of piperidine rings is 1. The molecule has 0 spiro atoms. The van der Waals surface area contributed by atoms with Gasteiger partial charge in [0.25, 0.3) is 11.8 Å². The predicted molar refractivity (Wildman–Crippen MR) is 79.2 cm³/mol. The zero-order valence-electron chi connectivity index (χ0n) is 13.1. The number of nitrogens with one attached hydrogen (secondary N) is 1. The number of carbonyl (C=O) groups excluding carboxylic acids is 4. The molecule has 0 aliphatic carbocycles. The Morgan fingerprint density at radius 2 is 1.78 bits per heavy atom. The van der Waals surface area contributed by atoms with Gasteiger partial charge in [0.2, 0.25) is 11.8 Å². The van der Waals surface area contributed by atoms with Crippen LogP contribution >= 0.6 is 0 Å². The topological polar surface area (TPSA) is 83.6 Å². The van der Waals surface area contributed by atoms with Crippen molar-refractivity contribution >= 4 is 23.6 Å².